The second kappa shape index (κ2) is 9.52. The fourth-order valence-corrected chi connectivity index (χ4v) is 4.63. The van der Waals surface area contributed by atoms with Crippen LogP contribution in [-0.2, 0) is 25.3 Å². The van der Waals surface area contributed by atoms with Crippen LogP contribution in [0.1, 0.15) is 42.1 Å². The number of ether oxygens (including phenoxy) is 1. The van der Waals surface area contributed by atoms with Gasteiger partial charge in [0.1, 0.15) is 0 Å². The molecule has 184 valence electrons. The molecule has 1 aliphatic carbocycles. The van der Waals surface area contributed by atoms with Crippen molar-refractivity contribution in [1.82, 2.24) is 0 Å². The Kier molecular flexibility index (Phi) is 6.64. The van der Waals surface area contributed by atoms with Crippen molar-refractivity contribution in [3.63, 3.8) is 0 Å². The second-order valence-corrected chi connectivity index (χ2v) is 8.86. The largest absolute Gasteiger partial charge is 0.452 e. The molecule has 35 heavy (non-hydrogen) atoms. The normalized spacial score (nSPS) is 22.1. The van der Waals surface area contributed by atoms with E-state index in [2.05, 4.69) is 12.2 Å². The third-order valence-corrected chi connectivity index (χ3v) is 6.39. The van der Waals surface area contributed by atoms with Crippen molar-refractivity contribution in [2.24, 2.45) is 17.8 Å². The summed E-state index contributed by atoms with van der Waals surface area (Å²) >= 11 is 0. The summed E-state index contributed by atoms with van der Waals surface area (Å²) in [4.78, 5) is 51.1. The van der Waals surface area contributed by atoms with Gasteiger partial charge in [-0.2, -0.15) is 13.2 Å². The maximum absolute atomic E-state index is 13.0. The van der Waals surface area contributed by atoms with Crippen molar-refractivity contribution in [2.75, 3.05) is 16.8 Å². The molecule has 3 atom stereocenters. The molecule has 2 aromatic carbocycles. The number of carbonyl (C=O) groups is 4. The summed E-state index contributed by atoms with van der Waals surface area (Å²) in [5.41, 5.74) is -1.06. The highest BCUT2D eigenvalue weighted by Crippen LogP contribution is 2.42. The highest BCUT2D eigenvalue weighted by molar-refractivity contribution is 6.22. The zero-order chi connectivity index (χ0) is 25.3. The van der Waals surface area contributed by atoms with E-state index < -0.39 is 35.9 Å². The number of imide groups is 1. The van der Waals surface area contributed by atoms with Crippen molar-refractivity contribution in [3.8, 4) is 0 Å². The highest BCUT2D eigenvalue weighted by Gasteiger charge is 2.49. The van der Waals surface area contributed by atoms with Crippen molar-refractivity contribution < 1.29 is 37.1 Å². The van der Waals surface area contributed by atoms with Crippen LogP contribution in [0.4, 0.5) is 24.5 Å². The molecule has 0 bridgehead atoms. The molecular formula is C25H23F3N2O5. The van der Waals surface area contributed by atoms with Gasteiger partial charge in [-0.3, -0.25) is 19.3 Å². The minimum Gasteiger partial charge on any atom is -0.452 e. The number of para-hydroxylation sites is 1. The molecule has 0 spiro atoms. The molecule has 2 fully saturated rings. The van der Waals surface area contributed by atoms with E-state index in [0.29, 0.717) is 24.4 Å². The van der Waals surface area contributed by atoms with Gasteiger partial charge in [0.2, 0.25) is 11.8 Å². The SMILES string of the molecule is C[C@@H]1CC[C@@H]2C(=O)N(c3ccc(C(=O)OCC(=O)Nc4ccccc4C(F)(F)F)cc3)C(=O)[C@H]2C1. The van der Waals surface area contributed by atoms with Crippen LogP contribution in [0.3, 0.4) is 0 Å². The van der Waals surface area contributed by atoms with E-state index in [1.54, 1.807) is 0 Å². The van der Waals surface area contributed by atoms with Gasteiger partial charge in [-0.25, -0.2) is 4.79 Å². The minimum absolute atomic E-state index is 0.0578. The molecule has 1 N–H and O–H groups in total. The summed E-state index contributed by atoms with van der Waals surface area (Å²) in [6.07, 6.45) is -2.41. The number of hydrogen-bond acceptors (Lipinski definition) is 5. The third-order valence-electron chi connectivity index (χ3n) is 6.39. The van der Waals surface area contributed by atoms with Gasteiger partial charge in [-0.1, -0.05) is 19.1 Å². The summed E-state index contributed by atoms with van der Waals surface area (Å²) in [6.45, 7) is 1.27. The molecule has 10 heteroatoms. The molecule has 7 nitrogen and oxygen atoms in total. The number of nitrogens with zero attached hydrogens (tertiary/aromatic N) is 1. The molecule has 0 radical (unpaired) electrons. The van der Waals surface area contributed by atoms with Crippen LogP contribution in [0.25, 0.3) is 0 Å². The van der Waals surface area contributed by atoms with Gasteiger partial charge in [0.05, 0.1) is 34.3 Å². The quantitative estimate of drug-likeness (QED) is 0.497. The highest BCUT2D eigenvalue weighted by atomic mass is 19.4. The lowest BCUT2D eigenvalue weighted by Gasteiger charge is -2.25. The van der Waals surface area contributed by atoms with Crippen LogP contribution in [0.5, 0.6) is 0 Å². The van der Waals surface area contributed by atoms with Crippen LogP contribution >= 0.6 is 0 Å². The fraction of sp³-hybridized carbons (Fsp3) is 0.360. The van der Waals surface area contributed by atoms with Crippen LogP contribution < -0.4 is 10.2 Å². The zero-order valence-corrected chi connectivity index (χ0v) is 18.8. The molecule has 3 amide bonds. The molecule has 0 unspecified atom stereocenters. The van der Waals surface area contributed by atoms with Crippen LogP contribution in [0.15, 0.2) is 48.5 Å². The van der Waals surface area contributed by atoms with Gasteiger partial charge in [0.25, 0.3) is 5.91 Å². The maximum atomic E-state index is 13.0. The summed E-state index contributed by atoms with van der Waals surface area (Å²) in [7, 11) is 0. The average molecular weight is 488 g/mol. The summed E-state index contributed by atoms with van der Waals surface area (Å²) in [5.74, 6) is -2.55. The number of carbonyl (C=O) groups excluding carboxylic acids is 4. The molecule has 1 aliphatic heterocycles. The number of esters is 1. The Balaban J connectivity index is 1.37. The zero-order valence-electron chi connectivity index (χ0n) is 18.8. The molecule has 1 saturated carbocycles. The van der Waals surface area contributed by atoms with Gasteiger partial charge >= 0.3 is 12.1 Å². The molecule has 1 heterocycles. The monoisotopic (exact) mass is 488 g/mol. The Bertz CT molecular complexity index is 1160. The number of amides is 3. The van der Waals surface area contributed by atoms with E-state index in [1.807, 2.05) is 0 Å². The Morgan fingerprint density at radius 3 is 2.34 bits per heavy atom. The second-order valence-electron chi connectivity index (χ2n) is 8.86. The number of hydrogen-bond donors (Lipinski definition) is 1. The molecule has 4 rings (SSSR count). The summed E-state index contributed by atoms with van der Waals surface area (Å²) in [6, 6.07) is 10.1. The molecular weight excluding hydrogens is 465 g/mol. The van der Waals surface area contributed by atoms with E-state index >= 15 is 0 Å². The first-order valence-electron chi connectivity index (χ1n) is 11.2. The summed E-state index contributed by atoms with van der Waals surface area (Å²) in [5, 5.41) is 2.09. The van der Waals surface area contributed by atoms with Crippen molar-refractivity contribution in [1.29, 1.82) is 0 Å². The molecule has 2 aromatic rings. The Morgan fingerprint density at radius 1 is 1.00 bits per heavy atom. The van der Waals surface area contributed by atoms with Crippen LogP contribution in [0.2, 0.25) is 0 Å². The number of alkyl halides is 3. The van der Waals surface area contributed by atoms with Gasteiger partial charge in [-0.15, -0.1) is 0 Å². The van der Waals surface area contributed by atoms with Crippen LogP contribution in [-0.4, -0.2) is 30.3 Å². The first-order chi connectivity index (χ1) is 16.6. The number of fused-ring (bicyclic) bond motifs is 1. The molecule has 1 saturated heterocycles. The van der Waals surface area contributed by atoms with E-state index in [0.717, 1.165) is 23.5 Å². The topological polar surface area (TPSA) is 92.8 Å². The van der Waals surface area contributed by atoms with E-state index in [1.165, 1.54) is 36.4 Å². The van der Waals surface area contributed by atoms with Gasteiger partial charge in [0.15, 0.2) is 6.61 Å². The molecule has 0 aromatic heterocycles. The fourth-order valence-electron chi connectivity index (χ4n) is 4.63. The predicted octanol–water partition coefficient (Wildman–Crippen LogP) is 4.43. The van der Waals surface area contributed by atoms with Crippen molar-refractivity contribution >= 4 is 35.1 Å². The number of anilines is 2. The van der Waals surface area contributed by atoms with Crippen LogP contribution in [0, 0.1) is 17.8 Å². The van der Waals surface area contributed by atoms with Crippen molar-refractivity contribution in [2.45, 2.75) is 32.4 Å². The first-order valence-corrected chi connectivity index (χ1v) is 11.2. The van der Waals surface area contributed by atoms with Gasteiger partial charge in [-0.05, 0) is 61.6 Å². The number of halogens is 3. The lowest BCUT2D eigenvalue weighted by atomic mass is 9.76. The maximum Gasteiger partial charge on any atom is 0.418 e. The minimum atomic E-state index is -4.66. The number of benzene rings is 2. The van der Waals surface area contributed by atoms with Gasteiger partial charge < -0.3 is 10.1 Å². The lowest BCUT2D eigenvalue weighted by molar-refractivity contribution is -0.137. The Morgan fingerprint density at radius 2 is 1.66 bits per heavy atom. The predicted molar refractivity (Wildman–Crippen MR) is 119 cm³/mol. The Hall–Kier alpha value is -3.69. The van der Waals surface area contributed by atoms with E-state index in [-0.39, 0.29) is 29.2 Å². The third kappa shape index (κ3) is 5.06. The van der Waals surface area contributed by atoms with Crippen molar-refractivity contribution in [3.05, 3.63) is 59.7 Å². The smallest absolute Gasteiger partial charge is 0.418 e. The number of nitrogens with one attached hydrogen (secondary N) is 1. The molecule has 2 aliphatic rings. The summed E-state index contributed by atoms with van der Waals surface area (Å²) < 4.78 is 44.1. The lowest BCUT2D eigenvalue weighted by Crippen LogP contribution is -2.30. The first kappa shape index (κ1) is 24.4. The van der Waals surface area contributed by atoms with Gasteiger partial charge in [0, 0.05) is 0 Å². The Labute approximate surface area is 199 Å². The average Bonchev–Trinajstić information content (AvgIpc) is 3.06. The van der Waals surface area contributed by atoms with E-state index in [4.69, 9.17) is 4.74 Å². The van der Waals surface area contributed by atoms with E-state index in [9.17, 15) is 32.3 Å². The standard InChI is InChI=1S/C25H23F3N2O5/c1-14-6-11-17-18(12-14)23(33)30(22(17)32)16-9-7-15(8-10-16)24(34)35-13-21(31)29-20-5-3-2-4-19(20)25(26,27)28/h2-5,7-10,14,17-18H,6,11-13H2,1H3,(H,29,31)/t14-,17+,18+/m1/s1. The number of rotatable bonds is 5.